The van der Waals surface area contributed by atoms with E-state index in [1.54, 1.807) is 6.92 Å². The molecule has 3 nitrogen and oxygen atoms in total. The summed E-state index contributed by atoms with van der Waals surface area (Å²) >= 11 is 0. The van der Waals surface area contributed by atoms with Crippen molar-refractivity contribution < 1.29 is 5.11 Å². The number of likely N-dealkylation sites (tertiary alicyclic amines) is 1. The van der Waals surface area contributed by atoms with E-state index in [0.29, 0.717) is 6.04 Å². The smallest absolute Gasteiger partial charge is 0.102 e. The Labute approximate surface area is 81.1 Å². The molecular weight excluding hydrogens is 164 g/mol. The van der Waals surface area contributed by atoms with Crippen LogP contribution in [-0.2, 0) is 0 Å². The van der Waals surface area contributed by atoms with Crippen molar-refractivity contribution in [1.29, 1.82) is 0 Å². The van der Waals surface area contributed by atoms with E-state index in [9.17, 15) is 5.11 Å². The fourth-order valence-electron chi connectivity index (χ4n) is 2.06. The normalized spacial score (nSPS) is 32.8. The minimum atomic E-state index is -0.405. The van der Waals surface area contributed by atoms with Gasteiger partial charge in [0, 0.05) is 24.7 Å². The standard InChI is InChI=1S/C10H22N2O/c1-8(2)12-6-5-10(4,7-12)11-9(3)13/h8-9,11,13H,5-7H2,1-4H3. The van der Waals surface area contributed by atoms with Gasteiger partial charge < -0.3 is 5.11 Å². The predicted molar refractivity (Wildman–Crippen MR) is 54.5 cm³/mol. The topological polar surface area (TPSA) is 35.5 Å². The Hall–Kier alpha value is -0.120. The van der Waals surface area contributed by atoms with Crippen LogP contribution >= 0.6 is 0 Å². The molecule has 0 saturated carbocycles. The average molecular weight is 186 g/mol. The molecule has 1 aliphatic heterocycles. The van der Waals surface area contributed by atoms with Gasteiger partial charge in [-0.15, -0.1) is 0 Å². The highest BCUT2D eigenvalue weighted by Gasteiger charge is 2.34. The van der Waals surface area contributed by atoms with Crippen LogP contribution in [0.2, 0.25) is 0 Å². The molecule has 0 aromatic rings. The van der Waals surface area contributed by atoms with Gasteiger partial charge in [0.05, 0.1) is 0 Å². The summed E-state index contributed by atoms with van der Waals surface area (Å²) in [5.41, 5.74) is 0.0957. The summed E-state index contributed by atoms with van der Waals surface area (Å²) in [7, 11) is 0. The molecule has 1 heterocycles. The van der Waals surface area contributed by atoms with E-state index >= 15 is 0 Å². The third-order valence-electron chi connectivity index (χ3n) is 2.79. The minimum absolute atomic E-state index is 0.0957. The lowest BCUT2D eigenvalue weighted by Gasteiger charge is -2.29. The molecule has 1 rings (SSSR count). The summed E-state index contributed by atoms with van der Waals surface area (Å²) in [6, 6.07) is 0.609. The molecule has 1 aliphatic rings. The number of rotatable bonds is 3. The fourth-order valence-corrected chi connectivity index (χ4v) is 2.06. The van der Waals surface area contributed by atoms with Gasteiger partial charge in [-0.25, -0.2) is 0 Å². The van der Waals surface area contributed by atoms with Crippen LogP contribution in [0.1, 0.15) is 34.1 Å². The summed E-state index contributed by atoms with van der Waals surface area (Å²) < 4.78 is 0. The summed E-state index contributed by atoms with van der Waals surface area (Å²) in [6.07, 6.45) is 0.716. The lowest BCUT2D eigenvalue weighted by atomic mass is 10.0. The van der Waals surface area contributed by atoms with E-state index in [1.807, 2.05) is 0 Å². The quantitative estimate of drug-likeness (QED) is 0.640. The molecule has 13 heavy (non-hydrogen) atoms. The van der Waals surface area contributed by atoms with E-state index in [-0.39, 0.29) is 5.54 Å². The SMILES string of the molecule is CC(O)NC1(C)CCN(C(C)C)C1. The number of nitrogens with one attached hydrogen (secondary N) is 1. The van der Waals surface area contributed by atoms with Gasteiger partial charge in [-0.05, 0) is 34.1 Å². The van der Waals surface area contributed by atoms with Gasteiger partial charge in [0.25, 0.3) is 0 Å². The second-order valence-corrected chi connectivity index (χ2v) is 4.70. The molecule has 0 aliphatic carbocycles. The number of nitrogens with zero attached hydrogens (tertiary/aromatic N) is 1. The largest absolute Gasteiger partial charge is 0.379 e. The maximum atomic E-state index is 9.27. The zero-order chi connectivity index (χ0) is 10.1. The molecule has 3 heteroatoms. The van der Waals surface area contributed by atoms with E-state index < -0.39 is 6.23 Å². The third kappa shape index (κ3) is 2.93. The molecule has 0 aromatic carbocycles. The number of aliphatic hydroxyl groups is 1. The molecule has 2 N–H and O–H groups in total. The van der Waals surface area contributed by atoms with Crippen LogP contribution < -0.4 is 5.32 Å². The van der Waals surface area contributed by atoms with Crippen molar-refractivity contribution in [2.75, 3.05) is 13.1 Å². The summed E-state index contributed by atoms with van der Waals surface area (Å²) in [4.78, 5) is 2.44. The summed E-state index contributed by atoms with van der Waals surface area (Å²) in [5, 5.41) is 12.5. The van der Waals surface area contributed by atoms with Crippen molar-refractivity contribution in [2.45, 2.75) is 51.9 Å². The fraction of sp³-hybridized carbons (Fsp3) is 1.00. The molecule has 2 unspecified atom stereocenters. The second kappa shape index (κ2) is 3.95. The van der Waals surface area contributed by atoms with Crippen LogP contribution in [0.15, 0.2) is 0 Å². The molecule has 0 bridgehead atoms. The predicted octanol–water partition coefficient (Wildman–Crippen LogP) is 0.787. The Balaban J connectivity index is 2.46. The Morgan fingerprint density at radius 3 is 2.38 bits per heavy atom. The van der Waals surface area contributed by atoms with Crippen LogP contribution in [0.3, 0.4) is 0 Å². The van der Waals surface area contributed by atoms with Gasteiger partial charge in [-0.1, -0.05) is 0 Å². The first-order valence-electron chi connectivity index (χ1n) is 5.13. The molecule has 2 atom stereocenters. The van der Waals surface area contributed by atoms with E-state index in [0.717, 1.165) is 19.5 Å². The lowest BCUT2D eigenvalue weighted by molar-refractivity contribution is 0.111. The molecule has 1 saturated heterocycles. The van der Waals surface area contributed by atoms with Gasteiger partial charge in [-0.2, -0.15) is 0 Å². The summed E-state index contributed by atoms with van der Waals surface area (Å²) in [5.74, 6) is 0. The minimum Gasteiger partial charge on any atom is -0.379 e. The van der Waals surface area contributed by atoms with E-state index in [4.69, 9.17) is 0 Å². The highest BCUT2D eigenvalue weighted by Crippen LogP contribution is 2.22. The maximum Gasteiger partial charge on any atom is 0.102 e. The molecule has 0 spiro atoms. The lowest BCUT2D eigenvalue weighted by Crippen LogP contribution is -2.49. The first kappa shape index (κ1) is 11.0. The van der Waals surface area contributed by atoms with Gasteiger partial charge >= 0.3 is 0 Å². The number of hydrogen-bond acceptors (Lipinski definition) is 3. The highest BCUT2D eigenvalue weighted by molar-refractivity contribution is 4.94. The molecule has 78 valence electrons. The maximum absolute atomic E-state index is 9.27. The molecule has 0 amide bonds. The molecule has 0 radical (unpaired) electrons. The Bertz CT molecular complexity index is 170. The van der Waals surface area contributed by atoms with Crippen LogP contribution in [0.25, 0.3) is 0 Å². The molecule has 1 fully saturated rings. The molecular formula is C10H22N2O. The van der Waals surface area contributed by atoms with Crippen LogP contribution in [0, 0.1) is 0 Å². The second-order valence-electron chi connectivity index (χ2n) is 4.70. The van der Waals surface area contributed by atoms with Crippen molar-refractivity contribution in [2.24, 2.45) is 0 Å². The van der Waals surface area contributed by atoms with Crippen molar-refractivity contribution in [1.82, 2.24) is 10.2 Å². The van der Waals surface area contributed by atoms with Crippen molar-refractivity contribution in [3.63, 3.8) is 0 Å². The van der Waals surface area contributed by atoms with Crippen LogP contribution in [0.4, 0.5) is 0 Å². The number of aliphatic hydroxyl groups excluding tert-OH is 1. The van der Waals surface area contributed by atoms with Crippen molar-refractivity contribution >= 4 is 0 Å². The van der Waals surface area contributed by atoms with Gasteiger partial charge in [0.15, 0.2) is 0 Å². The zero-order valence-corrected chi connectivity index (χ0v) is 9.17. The monoisotopic (exact) mass is 186 g/mol. The Kier molecular flexibility index (Phi) is 3.33. The zero-order valence-electron chi connectivity index (χ0n) is 9.17. The van der Waals surface area contributed by atoms with Gasteiger partial charge in [0.2, 0.25) is 0 Å². The highest BCUT2D eigenvalue weighted by atomic mass is 16.3. The van der Waals surface area contributed by atoms with Crippen LogP contribution in [0.5, 0.6) is 0 Å². The van der Waals surface area contributed by atoms with Gasteiger partial charge in [0.1, 0.15) is 6.23 Å². The van der Waals surface area contributed by atoms with Crippen molar-refractivity contribution in [3.8, 4) is 0 Å². The van der Waals surface area contributed by atoms with Crippen molar-refractivity contribution in [3.05, 3.63) is 0 Å². The third-order valence-corrected chi connectivity index (χ3v) is 2.79. The first-order chi connectivity index (χ1) is 5.93. The Morgan fingerprint density at radius 2 is 2.00 bits per heavy atom. The summed E-state index contributed by atoms with van der Waals surface area (Å²) in [6.45, 7) is 10.6. The first-order valence-corrected chi connectivity index (χ1v) is 5.13. The van der Waals surface area contributed by atoms with E-state index in [2.05, 4.69) is 31.0 Å². The Morgan fingerprint density at radius 1 is 1.38 bits per heavy atom. The molecule has 0 aromatic heterocycles. The number of hydrogen-bond donors (Lipinski definition) is 2. The average Bonchev–Trinajstić information content (AvgIpc) is 2.29. The van der Waals surface area contributed by atoms with Gasteiger partial charge in [-0.3, -0.25) is 10.2 Å². The van der Waals surface area contributed by atoms with Crippen LogP contribution in [-0.4, -0.2) is 40.9 Å². The van der Waals surface area contributed by atoms with E-state index in [1.165, 1.54) is 0 Å².